The molecule has 5 heteroatoms. The topological polar surface area (TPSA) is 75.1 Å². The molecule has 126 valence electrons. The third kappa shape index (κ3) is 3.83. The summed E-state index contributed by atoms with van der Waals surface area (Å²) < 4.78 is 0. The fraction of sp³-hybridized carbons (Fsp3) is 0.150. The largest absolute Gasteiger partial charge is 0.506 e. The van der Waals surface area contributed by atoms with Crippen molar-refractivity contribution < 1.29 is 9.90 Å². The van der Waals surface area contributed by atoms with Crippen molar-refractivity contribution in [2.45, 2.75) is 19.9 Å². The molecule has 3 aromatic rings. The maximum atomic E-state index is 12.7. The number of hydrogen-bond donors (Lipinski definition) is 2. The van der Waals surface area contributed by atoms with Gasteiger partial charge in [-0.05, 0) is 48.7 Å². The minimum absolute atomic E-state index is 0.0418. The number of aromatic hydroxyl groups is 1. The predicted octanol–water partition coefficient (Wildman–Crippen LogP) is 3.32. The second-order valence-corrected chi connectivity index (χ2v) is 5.98. The Kier molecular flexibility index (Phi) is 4.75. The Morgan fingerprint density at radius 3 is 2.52 bits per heavy atom. The molecule has 1 aromatic carbocycles. The first kappa shape index (κ1) is 16.6. The van der Waals surface area contributed by atoms with Gasteiger partial charge < -0.3 is 10.4 Å². The molecule has 0 unspecified atom stereocenters. The van der Waals surface area contributed by atoms with Crippen molar-refractivity contribution in [2.24, 2.45) is 0 Å². The molecule has 2 heterocycles. The van der Waals surface area contributed by atoms with Gasteiger partial charge in [-0.1, -0.05) is 23.8 Å². The van der Waals surface area contributed by atoms with E-state index in [4.69, 9.17) is 0 Å². The molecule has 0 saturated carbocycles. The van der Waals surface area contributed by atoms with Gasteiger partial charge in [0.25, 0.3) is 5.91 Å². The number of aryl methyl sites for hydroxylation is 2. The van der Waals surface area contributed by atoms with E-state index in [2.05, 4.69) is 21.4 Å². The first-order valence-corrected chi connectivity index (χ1v) is 7.96. The molecule has 0 aliphatic heterocycles. The van der Waals surface area contributed by atoms with Crippen molar-refractivity contribution in [3.8, 4) is 5.75 Å². The summed E-state index contributed by atoms with van der Waals surface area (Å²) >= 11 is 0. The molecular weight excluding hydrogens is 314 g/mol. The third-order valence-electron chi connectivity index (χ3n) is 4.05. The second kappa shape index (κ2) is 7.13. The third-order valence-corrected chi connectivity index (χ3v) is 4.05. The number of pyridine rings is 2. The van der Waals surface area contributed by atoms with Crippen LogP contribution in [0.3, 0.4) is 0 Å². The minimum Gasteiger partial charge on any atom is -0.506 e. The smallest absolute Gasteiger partial charge is 0.253 e. The predicted molar refractivity (Wildman–Crippen MR) is 95.4 cm³/mol. The molecule has 0 bridgehead atoms. The zero-order chi connectivity index (χ0) is 17.8. The molecule has 3 rings (SSSR count). The molecule has 2 aromatic heterocycles. The van der Waals surface area contributed by atoms with Crippen LogP contribution in [0, 0.1) is 13.8 Å². The molecular formula is C20H19N3O2. The van der Waals surface area contributed by atoms with Crippen LogP contribution in [0.4, 0.5) is 0 Å². The molecule has 0 aliphatic carbocycles. The van der Waals surface area contributed by atoms with Crippen LogP contribution in [0.25, 0.3) is 0 Å². The number of rotatable bonds is 4. The fourth-order valence-corrected chi connectivity index (χ4v) is 2.73. The maximum Gasteiger partial charge on any atom is 0.253 e. The first-order valence-electron chi connectivity index (χ1n) is 7.96. The number of aromatic nitrogens is 2. The van der Waals surface area contributed by atoms with Crippen LogP contribution in [0.1, 0.15) is 38.7 Å². The zero-order valence-electron chi connectivity index (χ0n) is 14.1. The van der Waals surface area contributed by atoms with E-state index in [1.165, 1.54) is 18.5 Å². The normalized spacial score (nSPS) is 11.8. The summed E-state index contributed by atoms with van der Waals surface area (Å²) in [5, 5.41) is 12.6. The Labute approximate surface area is 146 Å². The molecule has 2 N–H and O–H groups in total. The molecule has 1 atom stereocenters. The van der Waals surface area contributed by atoms with Crippen molar-refractivity contribution in [1.82, 2.24) is 15.3 Å². The quantitative estimate of drug-likeness (QED) is 0.768. The van der Waals surface area contributed by atoms with Crippen LogP contribution in [-0.2, 0) is 0 Å². The Hall–Kier alpha value is -3.21. The van der Waals surface area contributed by atoms with Gasteiger partial charge in [0.1, 0.15) is 5.75 Å². The van der Waals surface area contributed by atoms with E-state index in [0.717, 1.165) is 22.3 Å². The lowest BCUT2D eigenvalue weighted by molar-refractivity contribution is 0.0942. The average Bonchev–Trinajstić information content (AvgIpc) is 2.62. The summed E-state index contributed by atoms with van der Waals surface area (Å²) in [6.07, 6.45) is 6.13. The Morgan fingerprint density at radius 1 is 1.04 bits per heavy atom. The van der Waals surface area contributed by atoms with Gasteiger partial charge >= 0.3 is 0 Å². The van der Waals surface area contributed by atoms with Crippen LogP contribution in [0.2, 0.25) is 0 Å². The Balaban J connectivity index is 2.00. The van der Waals surface area contributed by atoms with Crippen LogP contribution in [-0.4, -0.2) is 21.0 Å². The number of hydrogen-bond acceptors (Lipinski definition) is 4. The highest BCUT2D eigenvalue weighted by atomic mass is 16.3. The number of benzene rings is 1. The van der Waals surface area contributed by atoms with Gasteiger partial charge in [0.2, 0.25) is 0 Å². The fourth-order valence-electron chi connectivity index (χ4n) is 2.73. The second-order valence-electron chi connectivity index (χ2n) is 5.98. The summed E-state index contributed by atoms with van der Waals surface area (Å²) in [5.74, 6) is -0.342. The highest BCUT2D eigenvalue weighted by Gasteiger charge is 2.20. The molecule has 0 aliphatic rings. The summed E-state index contributed by atoms with van der Waals surface area (Å²) in [5.41, 5.74) is 4.47. The Morgan fingerprint density at radius 2 is 1.80 bits per heavy atom. The summed E-state index contributed by atoms with van der Waals surface area (Å²) in [6.45, 7) is 4.04. The number of nitrogens with zero attached hydrogens (tertiary/aromatic N) is 2. The van der Waals surface area contributed by atoms with Gasteiger partial charge in [-0.2, -0.15) is 0 Å². The summed E-state index contributed by atoms with van der Waals surface area (Å²) in [7, 11) is 0. The molecule has 0 saturated heterocycles. The van der Waals surface area contributed by atoms with Gasteiger partial charge in [-0.3, -0.25) is 14.8 Å². The van der Waals surface area contributed by atoms with E-state index in [9.17, 15) is 9.90 Å². The maximum absolute atomic E-state index is 12.7. The number of carbonyl (C=O) groups is 1. The van der Waals surface area contributed by atoms with Gasteiger partial charge in [0.05, 0.1) is 17.8 Å². The van der Waals surface area contributed by atoms with E-state index in [1.807, 2.05) is 38.1 Å². The van der Waals surface area contributed by atoms with Crippen molar-refractivity contribution in [3.05, 3.63) is 89.0 Å². The monoisotopic (exact) mass is 333 g/mol. The molecule has 5 nitrogen and oxygen atoms in total. The molecule has 0 fully saturated rings. The Bertz CT molecular complexity index is 894. The number of amides is 1. The van der Waals surface area contributed by atoms with Gasteiger partial charge in [0, 0.05) is 18.6 Å². The standard InChI is InChI=1S/C20H19N3O2/c1-13-3-4-14(2)18(9-13)19(15-5-7-21-8-6-15)23-20(25)16-10-17(24)12-22-11-16/h3-12,19,24H,1-2H3,(H,23,25)/t19-/m1/s1. The molecule has 25 heavy (non-hydrogen) atoms. The SMILES string of the molecule is Cc1ccc(C)c([C@H](NC(=O)c2cncc(O)c2)c2ccncc2)c1. The zero-order valence-corrected chi connectivity index (χ0v) is 14.1. The van der Waals surface area contributed by atoms with Crippen LogP contribution >= 0.6 is 0 Å². The van der Waals surface area contributed by atoms with Crippen molar-refractivity contribution in [1.29, 1.82) is 0 Å². The van der Waals surface area contributed by atoms with E-state index >= 15 is 0 Å². The molecule has 0 spiro atoms. The summed E-state index contributed by atoms with van der Waals surface area (Å²) in [6, 6.07) is 11.0. The highest BCUT2D eigenvalue weighted by molar-refractivity contribution is 5.94. The molecule has 1 amide bonds. The number of nitrogens with one attached hydrogen (secondary N) is 1. The lowest BCUT2D eigenvalue weighted by Crippen LogP contribution is -2.30. The van der Waals surface area contributed by atoms with Crippen LogP contribution in [0.15, 0.2) is 61.2 Å². The van der Waals surface area contributed by atoms with E-state index < -0.39 is 0 Å². The van der Waals surface area contributed by atoms with Gasteiger partial charge in [-0.15, -0.1) is 0 Å². The highest BCUT2D eigenvalue weighted by Crippen LogP contribution is 2.26. The lowest BCUT2D eigenvalue weighted by atomic mass is 9.94. The first-order chi connectivity index (χ1) is 12.0. The van der Waals surface area contributed by atoms with Crippen LogP contribution < -0.4 is 5.32 Å². The number of carbonyl (C=O) groups excluding carboxylic acids is 1. The van der Waals surface area contributed by atoms with Crippen LogP contribution in [0.5, 0.6) is 5.75 Å². The molecule has 0 radical (unpaired) electrons. The minimum atomic E-state index is -0.322. The van der Waals surface area contributed by atoms with Crippen molar-refractivity contribution >= 4 is 5.91 Å². The van der Waals surface area contributed by atoms with Crippen molar-refractivity contribution in [2.75, 3.05) is 0 Å². The van der Waals surface area contributed by atoms with E-state index in [0.29, 0.717) is 5.56 Å². The average molecular weight is 333 g/mol. The van der Waals surface area contributed by atoms with E-state index in [1.54, 1.807) is 12.4 Å². The van der Waals surface area contributed by atoms with Crippen molar-refractivity contribution in [3.63, 3.8) is 0 Å². The van der Waals surface area contributed by atoms with Gasteiger partial charge in [0.15, 0.2) is 0 Å². The lowest BCUT2D eigenvalue weighted by Gasteiger charge is -2.22. The van der Waals surface area contributed by atoms with E-state index in [-0.39, 0.29) is 17.7 Å². The van der Waals surface area contributed by atoms with Gasteiger partial charge in [-0.25, -0.2) is 0 Å². The summed E-state index contributed by atoms with van der Waals surface area (Å²) in [4.78, 5) is 20.6.